The summed E-state index contributed by atoms with van der Waals surface area (Å²) in [5.74, 6) is -3.11. The van der Waals surface area contributed by atoms with E-state index in [0.717, 1.165) is 0 Å². The molecular formula is C26H42N10O6. The molecule has 42 heavy (non-hydrogen) atoms. The lowest BCUT2D eigenvalue weighted by Crippen LogP contribution is -2.56. The molecule has 1 aliphatic heterocycles. The highest BCUT2D eigenvalue weighted by Crippen LogP contribution is 2.20. The highest BCUT2D eigenvalue weighted by molar-refractivity contribution is 5.94. The Morgan fingerprint density at radius 3 is 2.10 bits per heavy atom. The standard InChI is InChI=1S/C26H42N10O6/c27-17(4-1-11-32-25(28)29)23(40)36-13-3-6-20(36)22(39)34-18(5-2-12-33-26(30)31)21(38)35-19(24(41)42)14-15-7-9-16(37)10-8-15/h7-10,17-20,37H,1-6,11-14,27H2,(H,34,39)(H,35,38)(H,41,42)(H4,28,29,32)(H4,30,31,33). The predicted molar refractivity (Wildman–Crippen MR) is 156 cm³/mol. The molecule has 1 fully saturated rings. The van der Waals surface area contributed by atoms with E-state index in [1.54, 1.807) is 12.1 Å². The number of aromatic hydroxyl groups is 1. The minimum Gasteiger partial charge on any atom is -0.508 e. The normalized spacial score (nSPS) is 16.5. The van der Waals surface area contributed by atoms with E-state index in [1.165, 1.54) is 17.0 Å². The number of carboxylic acids is 1. The third kappa shape index (κ3) is 11.1. The number of amides is 3. The second-order valence-corrected chi connectivity index (χ2v) is 10.0. The van der Waals surface area contributed by atoms with Crippen LogP contribution in [0.2, 0.25) is 0 Å². The van der Waals surface area contributed by atoms with E-state index in [4.69, 9.17) is 28.7 Å². The van der Waals surface area contributed by atoms with E-state index in [9.17, 15) is 29.4 Å². The van der Waals surface area contributed by atoms with Crippen LogP contribution in [0.4, 0.5) is 0 Å². The third-order valence-electron chi connectivity index (χ3n) is 6.69. The fraction of sp³-hybridized carbons (Fsp3) is 0.538. The molecule has 4 unspecified atom stereocenters. The van der Waals surface area contributed by atoms with Crippen molar-refractivity contribution < 1.29 is 29.4 Å². The van der Waals surface area contributed by atoms with Crippen LogP contribution in [0, 0.1) is 0 Å². The van der Waals surface area contributed by atoms with Gasteiger partial charge in [-0.15, -0.1) is 0 Å². The van der Waals surface area contributed by atoms with Crippen LogP contribution in [0.25, 0.3) is 0 Å². The number of guanidine groups is 2. The number of phenols is 1. The summed E-state index contributed by atoms with van der Waals surface area (Å²) in [5.41, 5.74) is 28.0. The van der Waals surface area contributed by atoms with Gasteiger partial charge in [-0.1, -0.05) is 12.1 Å². The number of carboxylic acid groups (broad SMARTS) is 1. The fourth-order valence-electron chi connectivity index (χ4n) is 4.54. The average Bonchev–Trinajstić information content (AvgIpc) is 3.42. The lowest BCUT2D eigenvalue weighted by atomic mass is 10.0. The van der Waals surface area contributed by atoms with Gasteiger partial charge in [-0.2, -0.15) is 0 Å². The van der Waals surface area contributed by atoms with Gasteiger partial charge in [-0.05, 0) is 56.2 Å². The molecule has 1 heterocycles. The first-order valence-electron chi connectivity index (χ1n) is 13.7. The molecule has 4 atom stereocenters. The van der Waals surface area contributed by atoms with Crippen LogP contribution in [0.3, 0.4) is 0 Å². The Labute approximate surface area is 243 Å². The van der Waals surface area contributed by atoms with Gasteiger partial charge in [0.15, 0.2) is 11.9 Å². The molecule has 2 rings (SSSR count). The van der Waals surface area contributed by atoms with Crippen LogP contribution in [-0.4, -0.2) is 94.5 Å². The van der Waals surface area contributed by atoms with Crippen molar-refractivity contribution in [1.29, 1.82) is 0 Å². The SMILES string of the molecule is NC(N)=NCCCC(N)C(=O)N1CCCC1C(=O)NC(CCCN=C(N)N)C(=O)NC(Cc1ccc(O)cc1)C(=O)O. The second kappa shape index (κ2) is 16.6. The number of rotatable bonds is 16. The van der Waals surface area contributed by atoms with Gasteiger partial charge < -0.3 is 54.4 Å². The van der Waals surface area contributed by atoms with Crippen LogP contribution in [0.15, 0.2) is 34.3 Å². The molecule has 0 spiro atoms. The molecule has 1 saturated heterocycles. The number of aliphatic carboxylic acids is 1. The van der Waals surface area contributed by atoms with Crippen molar-refractivity contribution >= 4 is 35.6 Å². The highest BCUT2D eigenvalue weighted by atomic mass is 16.4. The zero-order chi connectivity index (χ0) is 31.2. The average molecular weight is 591 g/mol. The quantitative estimate of drug-likeness (QED) is 0.0547. The van der Waals surface area contributed by atoms with E-state index in [0.29, 0.717) is 50.8 Å². The number of nitrogens with one attached hydrogen (secondary N) is 2. The van der Waals surface area contributed by atoms with Gasteiger partial charge in [0.1, 0.15) is 23.9 Å². The Morgan fingerprint density at radius 1 is 0.929 bits per heavy atom. The smallest absolute Gasteiger partial charge is 0.326 e. The van der Waals surface area contributed by atoms with Crippen LogP contribution >= 0.6 is 0 Å². The number of benzene rings is 1. The second-order valence-electron chi connectivity index (χ2n) is 10.0. The minimum absolute atomic E-state index is 0.0181. The van der Waals surface area contributed by atoms with Gasteiger partial charge in [0, 0.05) is 26.1 Å². The number of hydrogen-bond donors (Lipinski definition) is 9. The van der Waals surface area contributed by atoms with E-state index in [2.05, 4.69) is 20.6 Å². The molecule has 0 aromatic heterocycles. The number of likely N-dealkylation sites (tertiary alicyclic amines) is 1. The summed E-state index contributed by atoms with van der Waals surface area (Å²) >= 11 is 0. The van der Waals surface area contributed by atoms with Crippen molar-refractivity contribution in [3.05, 3.63) is 29.8 Å². The largest absolute Gasteiger partial charge is 0.508 e. The molecular weight excluding hydrogens is 548 g/mol. The number of phenolic OH excluding ortho intramolecular Hbond substituents is 1. The van der Waals surface area contributed by atoms with E-state index in [-0.39, 0.29) is 37.1 Å². The number of nitrogens with zero attached hydrogens (tertiary/aromatic N) is 3. The van der Waals surface area contributed by atoms with E-state index in [1.807, 2.05) is 0 Å². The monoisotopic (exact) mass is 590 g/mol. The van der Waals surface area contributed by atoms with Crippen molar-refractivity contribution in [2.24, 2.45) is 38.7 Å². The van der Waals surface area contributed by atoms with Gasteiger partial charge in [0.25, 0.3) is 0 Å². The number of carbonyl (C=O) groups excluding carboxylic acids is 3. The van der Waals surface area contributed by atoms with Crippen LogP contribution in [0.5, 0.6) is 5.75 Å². The van der Waals surface area contributed by atoms with Gasteiger partial charge >= 0.3 is 5.97 Å². The van der Waals surface area contributed by atoms with Crippen molar-refractivity contribution in [1.82, 2.24) is 15.5 Å². The molecule has 0 radical (unpaired) electrons. The zero-order valence-electron chi connectivity index (χ0n) is 23.4. The summed E-state index contributed by atoms with van der Waals surface area (Å²) in [7, 11) is 0. The number of nitrogens with two attached hydrogens (primary N) is 5. The van der Waals surface area contributed by atoms with Crippen molar-refractivity contribution in [2.45, 2.75) is 69.1 Å². The molecule has 1 aliphatic rings. The number of hydrogen-bond acceptors (Lipinski definition) is 8. The molecule has 0 saturated carbocycles. The summed E-state index contributed by atoms with van der Waals surface area (Å²) in [4.78, 5) is 60.7. The zero-order valence-corrected chi connectivity index (χ0v) is 23.4. The first-order chi connectivity index (χ1) is 19.9. The highest BCUT2D eigenvalue weighted by Gasteiger charge is 2.37. The fourth-order valence-corrected chi connectivity index (χ4v) is 4.54. The minimum atomic E-state index is -1.30. The van der Waals surface area contributed by atoms with E-state index < -0.39 is 47.9 Å². The van der Waals surface area contributed by atoms with Gasteiger partial charge in [-0.3, -0.25) is 24.4 Å². The first-order valence-corrected chi connectivity index (χ1v) is 13.7. The Balaban J connectivity index is 2.11. The molecule has 0 aliphatic carbocycles. The molecule has 14 N–H and O–H groups in total. The number of aliphatic imine (C=N–C) groups is 2. The van der Waals surface area contributed by atoms with Crippen LogP contribution < -0.4 is 39.3 Å². The maximum atomic E-state index is 13.3. The van der Waals surface area contributed by atoms with Crippen LogP contribution in [-0.2, 0) is 25.6 Å². The lowest BCUT2D eigenvalue weighted by molar-refractivity contribution is -0.143. The van der Waals surface area contributed by atoms with Crippen molar-refractivity contribution in [3.8, 4) is 5.75 Å². The Morgan fingerprint density at radius 2 is 1.52 bits per heavy atom. The summed E-state index contributed by atoms with van der Waals surface area (Å²) in [6, 6.07) is 1.77. The van der Waals surface area contributed by atoms with E-state index >= 15 is 0 Å². The molecule has 1 aromatic rings. The Kier molecular flexibility index (Phi) is 13.3. The number of carbonyl (C=O) groups is 4. The molecule has 232 valence electrons. The maximum absolute atomic E-state index is 13.3. The topological polar surface area (TPSA) is 291 Å². The maximum Gasteiger partial charge on any atom is 0.326 e. The summed E-state index contributed by atoms with van der Waals surface area (Å²) < 4.78 is 0. The lowest BCUT2D eigenvalue weighted by Gasteiger charge is -2.28. The summed E-state index contributed by atoms with van der Waals surface area (Å²) in [5, 5.41) is 24.4. The predicted octanol–water partition coefficient (Wildman–Crippen LogP) is -2.59. The summed E-state index contributed by atoms with van der Waals surface area (Å²) in [6.07, 6.45) is 2.09. The molecule has 3 amide bonds. The van der Waals surface area contributed by atoms with Crippen molar-refractivity contribution in [2.75, 3.05) is 19.6 Å². The van der Waals surface area contributed by atoms with Crippen LogP contribution in [0.1, 0.15) is 44.1 Å². The Hall–Kier alpha value is -4.60. The third-order valence-corrected chi connectivity index (χ3v) is 6.69. The molecule has 16 heteroatoms. The molecule has 16 nitrogen and oxygen atoms in total. The van der Waals surface area contributed by atoms with Gasteiger partial charge in [0.05, 0.1) is 6.04 Å². The van der Waals surface area contributed by atoms with Crippen molar-refractivity contribution in [3.63, 3.8) is 0 Å². The summed E-state index contributed by atoms with van der Waals surface area (Å²) in [6.45, 7) is 0.822. The molecule has 1 aromatic carbocycles. The Bertz CT molecular complexity index is 1130. The van der Waals surface area contributed by atoms with Gasteiger partial charge in [0.2, 0.25) is 17.7 Å². The first kappa shape index (κ1) is 33.6. The van der Waals surface area contributed by atoms with Gasteiger partial charge in [-0.25, -0.2) is 4.79 Å². The molecule has 0 bridgehead atoms.